The number of para-hydroxylation sites is 1. The second kappa shape index (κ2) is 11.6. The number of fused-ring (bicyclic) bond motifs is 2. The summed E-state index contributed by atoms with van der Waals surface area (Å²) >= 11 is 7.07. The van der Waals surface area contributed by atoms with E-state index >= 15 is 0 Å². The molecule has 0 bridgehead atoms. The Labute approximate surface area is 256 Å². The van der Waals surface area contributed by atoms with Gasteiger partial charge >= 0.3 is 0 Å². The fraction of sp³-hybridized carbons (Fsp3) is 0.0625. The summed E-state index contributed by atoms with van der Waals surface area (Å²) in [6, 6.07) is 27.5. The van der Waals surface area contributed by atoms with Gasteiger partial charge in [0.15, 0.2) is 17.3 Å². The number of nitrogens with zero attached hydrogens (tertiary/aromatic N) is 4. The lowest BCUT2D eigenvalue weighted by atomic mass is 10.1. The molecule has 6 rings (SSSR count). The molecule has 0 aliphatic rings. The lowest BCUT2D eigenvalue weighted by molar-refractivity contribution is 0.284. The fourth-order valence-corrected chi connectivity index (χ4v) is 5.27. The third kappa shape index (κ3) is 5.32. The molecule has 0 aliphatic carbocycles. The molecular weight excluding hydrogens is 664 g/mol. The van der Waals surface area contributed by atoms with Gasteiger partial charge in [0.05, 0.1) is 35.9 Å². The van der Waals surface area contributed by atoms with Crippen LogP contribution in [0.15, 0.2) is 108 Å². The van der Waals surface area contributed by atoms with Crippen LogP contribution >= 0.6 is 31.9 Å². The van der Waals surface area contributed by atoms with E-state index in [2.05, 4.69) is 43.0 Å². The first kappa shape index (κ1) is 27.4. The second-order valence-corrected chi connectivity index (χ2v) is 11.0. The molecule has 2 aromatic heterocycles. The average Bonchev–Trinajstić information content (AvgIpc) is 3.43. The highest BCUT2D eigenvalue weighted by Gasteiger charge is 2.17. The van der Waals surface area contributed by atoms with Gasteiger partial charge in [0, 0.05) is 25.5 Å². The summed E-state index contributed by atoms with van der Waals surface area (Å²) in [6.45, 7) is 0.190. The van der Waals surface area contributed by atoms with Crippen LogP contribution in [-0.2, 0) is 6.61 Å². The largest absolute Gasteiger partial charge is 0.493 e. The highest BCUT2D eigenvalue weighted by atomic mass is 79.9. The summed E-state index contributed by atoms with van der Waals surface area (Å²) in [5.41, 5.74) is 2.79. The van der Waals surface area contributed by atoms with Gasteiger partial charge in [-0.3, -0.25) is 4.79 Å². The molecule has 0 radical (unpaired) electrons. The fourth-order valence-electron chi connectivity index (χ4n) is 4.47. The van der Waals surface area contributed by atoms with Gasteiger partial charge in [-0.15, -0.1) is 0 Å². The standard InChI is InChI=1S/C32H20Br2N4O4/c1-40-28-14-22(25(34)15-29(28)41-18-20-7-3-2-6-19(20)16-35)17-36-38-31(37-26-9-5-4-8-24(26)32(38)39)30-13-21-12-23(33)10-11-27(21)42-30/h2-15,17H,18H2,1H3. The number of nitriles is 1. The zero-order valence-corrected chi connectivity index (χ0v) is 25.2. The average molecular weight is 684 g/mol. The van der Waals surface area contributed by atoms with Crippen molar-refractivity contribution in [2.75, 3.05) is 7.11 Å². The summed E-state index contributed by atoms with van der Waals surface area (Å²) in [7, 11) is 1.54. The molecule has 0 N–H and O–H groups in total. The second-order valence-electron chi connectivity index (χ2n) is 9.19. The van der Waals surface area contributed by atoms with E-state index < -0.39 is 0 Å². The monoisotopic (exact) mass is 682 g/mol. The minimum Gasteiger partial charge on any atom is -0.493 e. The van der Waals surface area contributed by atoms with Crippen molar-refractivity contribution in [2.24, 2.45) is 5.10 Å². The van der Waals surface area contributed by atoms with Gasteiger partial charge in [0.1, 0.15) is 12.2 Å². The van der Waals surface area contributed by atoms with Crippen molar-refractivity contribution < 1.29 is 13.9 Å². The Hall–Kier alpha value is -4.72. The predicted octanol–water partition coefficient (Wildman–Crippen LogP) is 7.68. The third-order valence-corrected chi connectivity index (χ3v) is 7.75. The molecule has 0 aliphatic heterocycles. The number of benzene rings is 4. The Morgan fingerprint density at radius 1 is 1.02 bits per heavy atom. The maximum atomic E-state index is 13.6. The number of aromatic nitrogens is 2. The van der Waals surface area contributed by atoms with E-state index in [1.165, 1.54) is 11.8 Å². The lowest BCUT2D eigenvalue weighted by Gasteiger charge is -2.13. The summed E-state index contributed by atoms with van der Waals surface area (Å²) in [4.78, 5) is 18.4. The van der Waals surface area contributed by atoms with E-state index in [-0.39, 0.29) is 18.0 Å². The minimum absolute atomic E-state index is 0.190. The van der Waals surface area contributed by atoms with Crippen LogP contribution in [0.1, 0.15) is 16.7 Å². The van der Waals surface area contributed by atoms with Crippen LogP contribution in [0, 0.1) is 11.3 Å². The lowest BCUT2D eigenvalue weighted by Crippen LogP contribution is -2.20. The van der Waals surface area contributed by atoms with Crippen LogP contribution in [0.3, 0.4) is 0 Å². The number of furan rings is 1. The summed E-state index contributed by atoms with van der Waals surface area (Å²) in [6.07, 6.45) is 1.54. The van der Waals surface area contributed by atoms with Crippen molar-refractivity contribution in [1.82, 2.24) is 9.66 Å². The van der Waals surface area contributed by atoms with E-state index in [4.69, 9.17) is 18.9 Å². The molecule has 206 valence electrons. The van der Waals surface area contributed by atoms with E-state index in [0.717, 1.165) is 15.4 Å². The molecule has 0 unspecified atom stereocenters. The van der Waals surface area contributed by atoms with Crippen molar-refractivity contribution in [1.29, 1.82) is 5.26 Å². The Balaban J connectivity index is 1.40. The van der Waals surface area contributed by atoms with Gasteiger partial charge in [-0.2, -0.15) is 15.0 Å². The van der Waals surface area contributed by atoms with E-state index in [1.807, 2.05) is 48.5 Å². The molecule has 4 aromatic carbocycles. The van der Waals surface area contributed by atoms with Gasteiger partial charge in [-0.25, -0.2) is 4.98 Å². The Morgan fingerprint density at radius 3 is 2.67 bits per heavy atom. The quantitative estimate of drug-likeness (QED) is 0.160. The first-order chi connectivity index (χ1) is 20.4. The van der Waals surface area contributed by atoms with Crippen molar-refractivity contribution in [2.45, 2.75) is 6.61 Å². The molecule has 0 amide bonds. The van der Waals surface area contributed by atoms with Gasteiger partial charge in [-0.05, 0) is 70.5 Å². The first-order valence-electron chi connectivity index (χ1n) is 12.7. The highest BCUT2D eigenvalue weighted by molar-refractivity contribution is 9.10. The number of hydrogen-bond donors (Lipinski definition) is 0. The van der Waals surface area contributed by atoms with Gasteiger partial charge in [0.25, 0.3) is 5.56 Å². The van der Waals surface area contributed by atoms with Crippen molar-refractivity contribution in [3.8, 4) is 29.2 Å². The molecule has 2 heterocycles. The third-order valence-electron chi connectivity index (χ3n) is 6.57. The molecular formula is C32H20Br2N4O4. The topological polar surface area (TPSA) is 103 Å². The van der Waals surface area contributed by atoms with Crippen molar-refractivity contribution in [3.63, 3.8) is 0 Å². The van der Waals surface area contributed by atoms with Crippen LogP contribution in [0.4, 0.5) is 0 Å². The Bertz CT molecular complexity index is 2110. The first-order valence-corrected chi connectivity index (χ1v) is 14.3. The van der Waals surface area contributed by atoms with Crippen LogP contribution in [0.5, 0.6) is 11.5 Å². The molecule has 0 fully saturated rings. The zero-order chi connectivity index (χ0) is 29.2. The summed E-state index contributed by atoms with van der Waals surface area (Å²) < 4.78 is 20.5. The highest BCUT2D eigenvalue weighted by Crippen LogP contribution is 2.34. The van der Waals surface area contributed by atoms with Crippen LogP contribution < -0.4 is 15.0 Å². The maximum Gasteiger partial charge on any atom is 0.282 e. The van der Waals surface area contributed by atoms with Gasteiger partial charge in [0.2, 0.25) is 5.82 Å². The summed E-state index contributed by atoms with van der Waals surface area (Å²) in [5, 5.41) is 15.2. The molecule has 8 nitrogen and oxygen atoms in total. The van der Waals surface area contributed by atoms with E-state index in [0.29, 0.717) is 49.3 Å². The number of methoxy groups -OCH3 is 1. The number of rotatable bonds is 7. The number of halogens is 2. The zero-order valence-electron chi connectivity index (χ0n) is 22.0. The SMILES string of the molecule is COc1cc(C=Nn2c(-c3cc4cc(Br)ccc4o3)nc3ccccc3c2=O)c(Br)cc1OCc1ccccc1C#N. The van der Waals surface area contributed by atoms with Gasteiger partial charge < -0.3 is 13.9 Å². The smallest absolute Gasteiger partial charge is 0.282 e. The Kier molecular flexibility index (Phi) is 7.61. The Morgan fingerprint density at radius 2 is 1.83 bits per heavy atom. The van der Waals surface area contributed by atoms with Crippen molar-refractivity contribution in [3.05, 3.63) is 121 Å². The van der Waals surface area contributed by atoms with E-state index in [1.54, 1.807) is 42.6 Å². The number of ether oxygens (including phenoxy) is 2. The molecule has 0 spiro atoms. The van der Waals surface area contributed by atoms with Crippen LogP contribution in [0.25, 0.3) is 33.5 Å². The number of hydrogen-bond acceptors (Lipinski definition) is 7. The summed E-state index contributed by atoms with van der Waals surface area (Å²) in [5.74, 6) is 1.61. The van der Waals surface area contributed by atoms with Crippen molar-refractivity contribution >= 4 is 59.9 Å². The molecule has 10 heteroatoms. The molecule has 42 heavy (non-hydrogen) atoms. The molecule has 6 aromatic rings. The molecule has 0 saturated heterocycles. The van der Waals surface area contributed by atoms with Crippen LogP contribution in [0.2, 0.25) is 0 Å². The van der Waals surface area contributed by atoms with Gasteiger partial charge in [-0.1, -0.05) is 46.3 Å². The molecule has 0 saturated carbocycles. The predicted molar refractivity (Wildman–Crippen MR) is 168 cm³/mol. The molecule has 0 atom stereocenters. The maximum absolute atomic E-state index is 13.6. The normalized spacial score (nSPS) is 11.3. The van der Waals surface area contributed by atoms with Crippen LogP contribution in [-0.4, -0.2) is 23.0 Å². The minimum atomic E-state index is -0.340. The van der Waals surface area contributed by atoms with E-state index in [9.17, 15) is 10.1 Å².